The van der Waals surface area contributed by atoms with Crippen LogP contribution in [-0.4, -0.2) is 28.2 Å². The summed E-state index contributed by atoms with van der Waals surface area (Å²) in [6.07, 6.45) is 1.67. The number of amides is 2. The molecule has 0 atom stereocenters. The largest absolute Gasteiger partial charge is 0.320 e. The fraction of sp³-hybridized carbons (Fsp3) is 0.0455. The molecule has 0 aliphatic rings. The van der Waals surface area contributed by atoms with E-state index in [1.54, 1.807) is 41.9 Å². The summed E-state index contributed by atoms with van der Waals surface area (Å²) in [4.78, 5) is 31.6. The molecule has 0 aliphatic heterocycles. The highest BCUT2D eigenvalue weighted by Crippen LogP contribution is 2.19. The van der Waals surface area contributed by atoms with Gasteiger partial charge in [-0.05, 0) is 42.5 Å². The predicted octanol–water partition coefficient (Wildman–Crippen LogP) is 4.00. The molecular weight excluding hydrogens is 371 g/mol. The summed E-state index contributed by atoms with van der Waals surface area (Å²) in [5.74, 6) is -1.24. The second-order valence-corrected chi connectivity index (χ2v) is 6.40. The van der Waals surface area contributed by atoms with Gasteiger partial charge in [0.05, 0.1) is 5.52 Å². The first-order chi connectivity index (χ1) is 14.0. The van der Waals surface area contributed by atoms with Crippen LogP contribution in [0.1, 0.15) is 21.1 Å². The van der Waals surface area contributed by atoms with Gasteiger partial charge in [-0.3, -0.25) is 14.0 Å². The molecule has 0 radical (unpaired) electrons. The van der Waals surface area contributed by atoms with Crippen LogP contribution in [0.5, 0.6) is 0 Å². The average molecular weight is 388 g/mol. The number of benzene rings is 2. The number of fused-ring (bicyclic) bond motifs is 1. The van der Waals surface area contributed by atoms with Gasteiger partial charge >= 0.3 is 0 Å². The molecule has 144 valence electrons. The number of para-hydroxylation sites is 1. The third kappa shape index (κ3) is 3.58. The molecule has 7 heteroatoms. The van der Waals surface area contributed by atoms with Gasteiger partial charge in [-0.2, -0.15) is 0 Å². The van der Waals surface area contributed by atoms with Crippen LogP contribution in [0.2, 0.25) is 0 Å². The van der Waals surface area contributed by atoms with E-state index < -0.39 is 11.7 Å². The molecule has 2 amide bonds. The summed E-state index contributed by atoms with van der Waals surface area (Å²) >= 11 is 0. The Hall–Kier alpha value is -4.00. The minimum absolute atomic E-state index is 0.0830. The molecule has 2 aromatic carbocycles. The number of pyridine rings is 1. The molecule has 0 unspecified atom stereocenters. The third-order valence-corrected chi connectivity index (χ3v) is 4.49. The predicted molar refractivity (Wildman–Crippen MR) is 109 cm³/mol. The van der Waals surface area contributed by atoms with E-state index >= 15 is 0 Å². The fourth-order valence-corrected chi connectivity index (χ4v) is 3.03. The topological polar surface area (TPSA) is 66.7 Å². The molecular formula is C22H17FN4O2. The minimum atomic E-state index is -0.527. The van der Waals surface area contributed by atoms with Crippen LogP contribution in [-0.2, 0) is 0 Å². The van der Waals surface area contributed by atoms with Crippen LogP contribution in [0.3, 0.4) is 0 Å². The van der Waals surface area contributed by atoms with Crippen molar-refractivity contribution in [1.29, 1.82) is 0 Å². The van der Waals surface area contributed by atoms with E-state index in [2.05, 4.69) is 10.3 Å². The van der Waals surface area contributed by atoms with Crippen molar-refractivity contribution in [2.45, 2.75) is 0 Å². The number of hydrogen-bond acceptors (Lipinski definition) is 3. The lowest BCUT2D eigenvalue weighted by molar-refractivity contribution is 0.0982. The molecule has 4 rings (SSSR count). The zero-order valence-corrected chi connectivity index (χ0v) is 15.5. The normalized spacial score (nSPS) is 10.7. The van der Waals surface area contributed by atoms with Crippen molar-refractivity contribution >= 4 is 28.7 Å². The molecule has 2 heterocycles. The monoisotopic (exact) mass is 388 g/mol. The smallest absolute Gasteiger partial charge is 0.294 e. The number of anilines is 2. The third-order valence-electron chi connectivity index (χ3n) is 4.49. The van der Waals surface area contributed by atoms with Crippen molar-refractivity contribution in [1.82, 2.24) is 9.38 Å². The fourth-order valence-electron chi connectivity index (χ4n) is 3.03. The second kappa shape index (κ2) is 7.55. The van der Waals surface area contributed by atoms with Crippen molar-refractivity contribution < 1.29 is 14.0 Å². The van der Waals surface area contributed by atoms with E-state index in [0.29, 0.717) is 16.9 Å². The van der Waals surface area contributed by atoms with Crippen molar-refractivity contribution in [3.63, 3.8) is 0 Å². The maximum atomic E-state index is 13.4. The summed E-state index contributed by atoms with van der Waals surface area (Å²) in [5, 5.41) is 2.62. The van der Waals surface area contributed by atoms with Gasteiger partial charge in [0.25, 0.3) is 11.8 Å². The van der Waals surface area contributed by atoms with E-state index in [1.807, 2.05) is 30.3 Å². The Morgan fingerprint density at radius 2 is 1.76 bits per heavy atom. The van der Waals surface area contributed by atoms with Gasteiger partial charge in [0.1, 0.15) is 5.82 Å². The number of aromatic nitrogens is 2. The number of nitrogens with zero attached hydrogens (tertiary/aromatic N) is 3. The average Bonchev–Trinajstić information content (AvgIpc) is 3.13. The second-order valence-electron chi connectivity index (χ2n) is 6.40. The number of hydrogen-bond donors (Lipinski definition) is 1. The lowest BCUT2D eigenvalue weighted by atomic mass is 10.2. The Kier molecular flexibility index (Phi) is 4.78. The molecule has 0 saturated carbocycles. The van der Waals surface area contributed by atoms with Gasteiger partial charge in [0, 0.05) is 24.6 Å². The first kappa shape index (κ1) is 18.4. The maximum Gasteiger partial charge on any atom is 0.294 e. The van der Waals surface area contributed by atoms with Gasteiger partial charge < -0.3 is 10.2 Å². The molecule has 0 bridgehead atoms. The highest BCUT2D eigenvalue weighted by molar-refractivity contribution is 6.10. The zero-order valence-electron chi connectivity index (χ0n) is 15.5. The first-order valence-corrected chi connectivity index (χ1v) is 8.92. The van der Waals surface area contributed by atoms with Crippen LogP contribution in [0, 0.1) is 5.82 Å². The minimum Gasteiger partial charge on any atom is -0.320 e. The van der Waals surface area contributed by atoms with E-state index in [0.717, 1.165) is 0 Å². The molecule has 2 aromatic heterocycles. The van der Waals surface area contributed by atoms with E-state index in [1.165, 1.54) is 23.1 Å². The summed E-state index contributed by atoms with van der Waals surface area (Å²) in [6, 6.07) is 19.9. The number of nitrogens with one attached hydrogen (secondary N) is 1. The van der Waals surface area contributed by atoms with Gasteiger partial charge in [-0.15, -0.1) is 0 Å². The Morgan fingerprint density at radius 1 is 1.00 bits per heavy atom. The van der Waals surface area contributed by atoms with Crippen LogP contribution >= 0.6 is 0 Å². The van der Waals surface area contributed by atoms with Crippen molar-refractivity contribution in [2.75, 3.05) is 17.3 Å². The van der Waals surface area contributed by atoms with E-state index in [4.69, 9.17) is 0 Å². The molecule has 29 heavy (non-hydrogen) atoms. The number of carbonyl (C=O) groups excluding carboxylic acids is 2. The van der Waals surface area contributed by atoms with Gasteiger partial charge in [-0.1, -0.05) is 30.3 Å². The Bertz CT molecular complexity index is 1200. The highest BCUT2D eigenvalue weighted by Gasteiger charge is 2.24. The van der Waals surface area contributed by atoms with Crippen LogP contribution < -0.4 is 10.2 Å². The molecule has 0 saturated heterocycles. The Balaban J connectivity index is 1.72. The quantitative estimate of drug-likeness (QED) is 0.575. The summed E-state index contributed by atoms with van der Waals surface area (Å²) in [7, 11) is 1.65. The van der Waals surface area contributed by atoms with Gasteiger partial charge in [-0.25, -0.2) is 9.37 Å². The zero-order chi connectivity index (χ0) is 20.4. The lowest BCUT2D eigenvalue weighted by Crippen LogP contribution is -2.28. The Morgan fingerprint density at radius 3 is 2.52 bits per heavy atom. The van der Waals surface area contributed by atoms with E-state index in [-0.39, 0.29) is 17.4 Å². The van der Waals surface area contributed by atoms with Crippen molar-refractivity contribution in [2.24, 2.45) is 0 Å². The molecule has 0 spiro atoms. The number of imidazole rings is 1. The van der Waals surface area contributed by atoms with Gasteiger partial charge in [0.2, 0.25) is 5.82 Å². The summed E-state index contributed by atoms with van der Waals surface area (Å²) < 4.78 is 15.0. The highest BCUT2D eigenvalue weighted by atomic mass is 19.1. The maximum absolute atomic E-state index is 13.4. The Labute approximate surface area is 166 Å². The molecule has 4 aromatic rings. The van der Waals surface area contributed by atoms with Gasteiger partial charge in [0.15, 0.2) is 5.69 Å². The van der Waals surface area contributed by atoms with Crippen molar-refractivity contribution in [3.8, 4) is 0 Å². The number of rotatable bonds is 4. The molecule has 0 fully saturated rings. The number of halogens is 1. The van der Waals surface area contributed by atoms with Crippen molar-refractivity contribution in [3.05, 3.63) is 96.3 Å². The molecule has 0 aliphatic carbocycles. The van der Waals surface area contributed by atoms with Crippen LogP contribution in [0.15, 0.2) is 79.0 Å². The molecule has 1 N–H and O–H groups in total. The first-order valence-electron chi connectivity index (χ1n) is 8.92. The summed E-state index contributed by atoms with van der Waals surface area (Å²) in [5.41, 5.74) is 1.57. The standard InChI is InChI=1S/C22H17FN4O2/c1-26(17-10-3-2-4-11-17)22(29)20-25-19(18-12-5-6-13-27(18)20)21(28)24-16-9-7-8-15(23)14-16/h2-14H,1H3,(H,24,28). The lowest BCUT2D eigenvalue weighted by Gasteiger charge is -2.16. The summed E-state index contributed by atoms with van der Waals surface area (Å²) in [6.45, 7) is 0. The number of carbonyl (C=O) groups is 2. The molecule has 6 nitrogen and oxygen atoms in total. The SMILES string of the molecule is CN(C(=O)c1nc(C(=O)Nc2cccc(F)c2)c2ccccn12)c1ccccc1. The van der Waals surface area contributed by atoms with E-state index in [9.17, 15) is 14.0 Å². The van der Waals surface area contributed by atoms with Crippen LogP contribution in [0.25, 0.3) is 5.52 Å². The van der Waals surface area contributed by atoms with Crippen LogP contribution in [0.4, 0.5) is 15.8 Å².